The molecule has 0 rings (SSSR count). The van der Waals surface area contributed by atoms with Crippen LogP contribution < -0.4 is 56.5 Å². The zero-order valence-corrected chi connectivity index (χ0v) is 17.0. The minimum atomic E-state index is -0.877. The average Bonchev–Trinajstić information content (AvgIpc) is 2.46. The van der Waals surface area contributed by atoms with Crippen LogP contribution in [0.2, 0.25) is 0 Å². The third kappa shape index (κ3) is 16.6. The van der Waals surface area contributed by atoms with E-state index in [0.29, 0.717) is 25.9 Å². The summed E-state index contributed by atoms with van der Waals surface area (Å²) in [6.07, 6.45) is 7.77. The van der Waals surface area contributed by atoms with Crippen molar-refractivity contribution in [3.63, 3.8) is 0 Å². The number of nitrogens with zero attached hydrogens (tertiary/aromatic N) is 2. The van der Waals surface area contributed by atoms with Crippen LogP contribution in [-0.2, 0) is 4.79 Å². The van der Waals surface area contributed by atoms with Crippen molar-refractivity contribution in [2.75, 3.05) is 26.4 Å². The largest absolute Gasteiger partial charge is 1.00 e. The standard InChI is InChI=1S/C15H28N2O4.K/c1-2-3-4-5-6-8-14(19)16-13-17(10-7-12-18)11-9-15(20)21;/h3-4,18H,2,5-13H2,1H3,(H,16,19)(H,20,21);/q;+1/p-1/b4-3+;. The first-order valence-electron chi connectivity index (χ1n) is 7.50. The van der Waals surface area contributed by atoms with Crippen LogP contribution in [0.5, 0.6) is 0 Å². The summed E-state index contributed by atoms with van der Waals surface area (Å²) in [5, 5.41) is 29.1. The van der Waals surface area contributed by atoms with Gasteiger partial charge >= 0.3 is 57.4 Å². The van der Waals surface area contributed by atoms with E-state index in [1.54, 1.807) is 4.90 Å². The molecule has 0 aliphatic heterocycles. The molecule has 0 fully saturated rings. The van der Waals surface area contributed by atoms with Crippen LogP contribution in [0.25, 0.3) is 0 Å². The minimum absolute atomic E-state index is 0. The Labute approximate surface area is 175 Å². The van der Waals surface area contributed by atoms with E-state index in [9.17, 15) is 9.90 Å². The first-order valence-corrected chi connectivity index (χ1v) is 7.50. The molecule has 6 nitrogen and oxygen atoms in total. The predicted octanol–water partition coefficient (Wildman–Crippen LogP) is -2.00. The van der Waals surface area contributed by atoms with Gasteiger partial charge in [-0.2, -0.15) is 0 Å². The van der Waals surface area contributed by atoms with Gasteiger partial charge < -0.3 is 15.3 Å². The summed E-state index contributed by atoms with van der Waals surface area (Å²) in [4.78, 5) is 16.3. The van der Waals surface area contributed by atoms with Crippen LogP contribution >= 0.6 is 0 Å². The van der Waals surface area contributed by atoms with E-state index in [2.05, 4.69) is 24.1 Å². The second-order valence-electron chi connectivity index (χ2n) is 4.80. The van der Waals surface area contributed by atoms with Crippen LogP contribution in [0, 0.1) is 0 Å². The molecule has 0 bridgehead atoms. The van der Waals surface area contributed by atoms with E-state index >= 15 is 0 Å². The molecule has 0 atom stereocenters. The van der Waals surface area contributed by atoms with Crippen LogP contribution in [0.15, 0.2) is 17.1 Å². The van der Waals surface area contributed by atoms with Gasteiger partial charge in [0, 0.05) is 19.7 Å². The SMILES string of the molecule is CC/C=C/CCCC([O-])=NCN(CCCO)CCC(=O)O.[K+]. The molecule has 0 unspecified atom stereocenters. The van der Waals surface area contributed by atoms with Crippen molar-refractivity contribution in [3.8, 4) is 0 Å². The summed E-state index contributed by atoms with van der Waals surface area (Å²) in [6.45, 7) is 3.19. The van der Waals surface area contributed by atoms with Crippen molar-refractivity contribution in [3.05, 3.63) is 12.2 Å². The van der Waals surface area contributed by atoms with Gasteiger partial charge in [0.1, 0.15) is 0 Å². The topological polar surface area (TPSA) is 96.2 Å². The molecule has 0 spiro atoms. The molecule has 0 saturated carbocycles. The fraction of sp³-hybridized carbons (Fsp3) is 0.733. The number of aliphatic imine (C=N–C) groups is 1. The fourth-order valence-corrected chi connectivity index (χ4v) is 1.71. The van der Waals surface area contributed by atoms with E-state index in [0.717, 1.165) is 19.3 Å². The van der Waals surface area contributed by atoms with Crippen molar-refractivity contribution in [1.82, 2.24) is 4.90 Å². The zero-order chi connectivity index (χ0) is 15.9. The molecule has 0 aromatic rings. The normalized spacial score (nSPS) is 11.9. The summed E-state index contributed by atoms with van der Waals surface area (Å²) in [6, 6.07) is 0. The molecule has 0 radical (unpaired) electrons. The monoisotopic (exact) mass is 338 g/mol. The molecular weight excluding hydrogens is 311 g/mol. The molecular formula is C15H27KN2O4. The summed E-state index contributed by atoms with van der Waals surface area (Å²) in [5.41, 5.74) is 0. The van der Waals surface area contributed by atoms with Crippen LogP contribution in [0.3, 0.4) is 0 Å². The van der Waals surface area contributed by atoms with E-state index in [1.807, 2.05) is 0 Å². The van der Waals surface area contributed by atoms with Gasteiger partial charge in [0.25, 0.3) is 0 Å². The van der Waals surface area contributed by atoms with Gasteiger partial charge in [-0.05, 0) is 38.0 Å². The molecule has 0 aromatic heterocycles. The fourth-order valence-electron chi connectivity index (χ4n) is 1.71. The van der Waals surface area contributed by atoms with Crippen molar-refractivity contribution in [2.24, 2.45) is 4.99 Å². The average molecular weight is 338 g/mol. The van der Waals surface area contributed by atoms with Gasteiger partial charge in [0.05, 0.1) is 13.1 Å². The Kier molecular flexibility index (Phi) is 19.6. The van der Waals surface area contributed by atoms with Crippen molar-refractivity contribution in [2.45, 2.75) is 45.4 Å². The molecule has 122 valence electrons. The molecule has 22 heavy (non-hydrogen) atoms. The zero-order valence-electron chi connectivity index (χ0n) is 13.8. The predicted molar refractivity (Wildman–Crippen MR) is 81.1 cm³/mol. The number of carbonyl (C=O) groups is 1. The van der Waals surface area contributed by atoms with Crippen molar-refractivity contribution in [1.29, 1.82) is 0 Å². The molecule has 0 amide bonds. The first kappa shape index (κ1) is 24.5. The number of aliphatic carboxylic acids is 1. The van der Waals surface area contributed by atoms with Gasteiger partial charge in [-0.3, -0.25) is 14.7 Å². The quantitative estimate of drug-likeness (QED) is 0.133. The van der Waals surface area contributed by atoms with E-state index in [4.69, 9.17) is 10.2 Å². The number of carboxylic acid groups (broad SMARTS) is 1. The Balaban J connectivity index is 0. The van der Waals surface area contributed by atoms with Gasteiger partial charge in [-0.15, -0.1) is 0 Å². The second-order valence-corrected chi connectivity index (χ2v) is 4.80. The molecule has 0 aromatic carbocycles. The Morgan fingerprint density at radius 1 is 1.23 bits per heavy atom. The van der Waals surface area contributed by atoms with Crippen molar-refractivity contribution < 1.29 is 71.5 Å². The van der Waals surface area contributed by atoms with Crippen LogP contribution in [0.1, 0.15) is 45.4 Å². The Morgan fingerprint density at radius 2 is 1.95 bits per heavy atom. The van der Waals surface area contributed by atoms with Gasteiger partial charge in [0.15, 0.2) is 0 Å². The number of aliphatic hydroxyl groups is 1. The van der Waals surface area contributed by atoms with Gasteiger partial charge in [-0.25, -0.2) is 0 Å². The summed E-state index contributed by atoms with van der Waals surface area (Å²) in [5.74, 6) is -1.03. The van der Waals surface area contributed by atoms with Crippen LogP contribution in [-0.4, -0.2) is 53.3 Å². The molecule has 0 heterocycles. The number of hydrogen-bond donors (Lipinski definition) is 2. The third-order valence-corrected chi connectivity index (χ3v) is 2.89. The molecule has 7 heteroatoms. The van der Waals surface area contributed by atoms with Gasteiger partial charge in [0.2, 0.25) is 0 Å². The molecule has 0 aliphatic carbocycles. The Morgan fingerprint density at radius 3 is 2.55 bits per heavy atom. The smallest absolute Gasteiger partial charge is 0.862 e. The number of rotatable bonds is 13. The second kappa shape index (κ2) is 17.6. The number of hydrogen-bond acceptors (Lipinski definition) is 5. The maximum absolute atomic E-state index is 11.6. The number of aliphatic hydroxyl groups excluding tert-OH is 1. The molecule has 0 aliphatic rings. The summed E-state index contributed by atoms with van der Waals surface area (Å²) >= 11 is 0. The number of carboxylic acids is 1. The number of allylic oxidation sites excluding steroid dienone is 2. The Hall–Kier alpha value is 0.236. The summed E-state index contributed by atoms with van der Waals surface area (Å²) in [7, 11) is 0. The maximum atomic E-state index is 11.6. The van der Waals surface area contributed by atoms with E-state index in [1.165, 1.54) is 0 Å². The summed E-state index contributed by atoms with van der Waals surface area (Å²) < 4.78 is 0. The number of unbranched alkanes of at least 4 members (excludes halogenated alkanes) is 1. The van der Waals surface area contributed by atoms with E-state index < -0.39 is 5.97 Å². The molecule has 2 N–H and O–H groups in total. The van der Waals surface area contributed by atoms with Crippen molar-refractivity contribution >= 4 is 11.9 Å². The third-order valence-electron chi connectivity index (χ3n) is 2.89. The molecule has 0 saturated heterocycles. The minimum Gasteiger partial charge on any atom is -0.862 e. The van der Waals surface area contributed by atoms with E-state index in [-0.39, 0.29) is 77.0 Å². The maximum Gasteiger partial charge on any atom is 1.00 e. The van der Waals surface area contributed by atoms with Gasteiger partial charge in [-0.1, -0.05) is 19.1 Å². The Bertz CT molecular complexity index is 336. The van der Waals surface area contributed by atoms with Crippen LogP contribution in [0.4, 0.5) is 0 Å². The first-order chi connectivity index (χ1) is 10.1.